The molecule has 0 aliphatic heterocycles. The van der Waals surface area contributed by atoms with Crippen molar-refractivity contribution in [1.82, 2.24) is 10.3 Å². The zero-order valence-corrected chi connectivity index (χ0v) is 13.6. The summed E-state index contributed by atoms with van der Waals surface area (Å²) in [7, 11) is 0. The monoisotopic (exact) mass is 313 g/mol. The zero-order valence-electron chi connectivity index (χ0n) is 12.0. The molecule has 0 saturated heterocycles. The fraction of sp³-hybridized carbons (Fsp3) is 0.643. The summed E-state index contributed by atoms with van der Waals surface area (Å²) in [6.07, 6.45) is 1.84. The molecule has 18 heavy (non-hydrogen) atoms. The maximum absolute atomic E-state index is 4.45. The van der Waals surface area contributed by atoms with Gasteiger partial charge in [-0.3, -0.25) is 0 Å². The Labute approximate surface area is 119 Å². The smallest absolute Gasteiger partial charge is 0.130 e. The van der Waals surface area contributed by atoms with Crippen molar-refractivity contribution < 1.29 is 0 Å². The predicted octanol–water partition coefficient (Wildman–Crippen LogP) is 3.80. The second-order valence-corrected chi connectivity index (χ2v) is 6.96. The van der Waals surface area contributed by atoms with Gasteiger partial charge in [-0.15, -0.1) is 0 Å². The van der Waals surface area contributed by atoms with Crippen molar-refractivity contribution in [2.75, 3.05) is 11.9 Å². The fourth-order valence-corrected chi connectivity index (χ4v) is 1.82. The van der Waals surface area contributed by atoms with Crippen LogP contribution in [0.1, 0.15) is 40.2 Å². The number of nitrogens with one attached hydrogen (secondary N) is 2. The van der Waals surface area contributed by atoms with Gasteiger partial charge >= 0.3 is 0 Å². The first-order valence-corrected chi connectivity index (χ1v) is 7.20. The van der Waals surface area contributed by atoms with Crippen LogP contribution in [0.5, 0.6) is 0 Å². The number of hydrogen-bond donors (Lipinski definition) is 2. The largest absolute Gasteiger partial charge is 0.370 e. The SMILES string of the molecule is CC(C)CNc1ncc(Br)cc1CNC(C)(C)C. The summed E-state index contributed by atoms with van der Waals surface area (Å²) >= 11 is 3.48. The first kappa shape index (κ1) is 15.4. The molecule has 1 heterocycles. The zero-order chi connectivity index (χ0) is 13.8. The number of rotatable bonds is 5. The number of pyridine rings is 1. The average molecular weight is 314 g/mol. The van der Waals surface area contributed by atoms with Crippen LogP contribution >= 0.6 is 15.9 Å². The van der Waals surface area contributed by atoms with Crippen molar-refractivity contribution in [2.24, 2.45) is 5.92 Å². The van der Waals surface area contributed by atoms with E-state index in [4.69, 9.17) is 0 Å². The summed E-state index contributed by atoms with van der Waals surface area (Å²) in [6, 6.07) is 2.12. The van der Waals surface area contributed by atoms with Gasteiger partial charge in [0.25, 0.3) is 0 Å². The predicted molar refractivity (Wildman–Crippen MR) is 81.9 cm³/mol. The third-order valence-electron chi connectivity index (χ3n) is 2.42. The first-order valence-electron chi connectivity index (χ1n) is 6.41. The normalized spacial score (nSPS) is 11.9. The number of aromatic nitrogens is 1. The van der Waals surface area contributed by atoms with E-state index in [-0.39, 0.29) is 5.54 Å². The van der Waals surface area contributed by atoms with E-state index in [1.54, 1.807) is 0 Å². The molecule has 0 aliphatic rings. The van der Waals surface area contributed by atoms with Gasteiger partial charge in [-0.1, -0.05) is 13.8 Å². The molecule has 2 N–H and O–H groups in total. The highest BCUT2D eigenvalue weighted by atomic mass is 79.9. The van der Waals surface area contributed by atoms with Crippen LogP contribution in [-0.2, 0) is 6.54 Å². The summed E-state index contributed by atoms with van der Waals surface area (Å²) in [6.45, 7) is 12.6. The molecule has 0 saturated carbocycles. The first-order chi connectivity index (χ1) is 8.28. The molecule has 0 fully saturated rings. The molecule has 1 aromatic rings. The molecular formula is C14H24BrN3. The highest BCUT2D eigenvalue weighted by Crippen LogP contribution is 2.19. The summed E-state index contributed by atoms with van der Waals surface area (Å²) in [4.78, 5) is 4.45. The van der Waals surface area contributed by atoms with Crippen LogP contribution in [0.2, 0.25) is 0 Å². The Morgan fingerprint density at radius 3 is 2.56 bits per heavy atom. The van der Waals surface area contributed by atoms with Gasteiger partial charge in [0.15, 0.2) is 0 Å². The van der Waals surface area contributed by atoms with E-state index in [0.717, 1.165) is 23.4 Å². The van der Waals surface area contributed by atoms with Gasteiger partial charge < -0.3 is 10.6 Å². The van der Waals surface area contributed by atoms with E-state index in [9.17, 15) is 0 Å². The lowest BCUT2D eigenvalue weighted by Gasteiger charge is -2.22. The van der Waals surface area contributed by atoms with Gasteiger partial charge in [-0.25, -0.2) is 4.98 Å². The topological polar surface area (TPSA) is 37.0 Å². The maximum Gasteiger partial charge on any atom is 0.130 e. The molecule has 0 bridgehead atoms. The number of nitrogens with zero attached hydrogens (tertiary/aromatic N) is 1. The van der Waals surface area contributed by atoms with Crippen LogP contribution in [0.25, 0.3) is 0 Å². The van der Waals surface area contributed by atoms with Crippen LogP contribution in [0.15, 0.2) is 16.7 Å². The van der Waals surface area contributed by atoms with E-state index in [1.165, 1.54) is 5.56 Å². The molecule has 0 atom stereocenters. The second-order valence-electron chi connectivity index (χ2n) is 6.04. The van der Waals surface area contributed by atoms with Crippen LogP contribution < -0.4 is 10.6 Å². The molecule has 0 spiro atoms. The molecule has 1 rings (SSSR count). The van der Waals surface area contributed by atoms with Gasteiger partial charge in [0.05, 0.1) is 0 Å². The van der Waals surface area contributed by atoms with Crippen molar-refractivity contribution in [3.05, 3.63) is 22.3 Å². The van der Waals surface area contributed by atoms with Crippen LogP contribution in [0.3, 0.4) is 0 Å². The van der Waals surface area contributed by atoms with Gasteiger partial charge in [-0.2, -0.15) is 0 Å². The number of hydrogen-bond acceptors (Lipinski definition) is 3. The second kappa shape index (κ2) is 6.53. The van der Waals surface area contributed by atoms with E-state index in [0.29, 0.717) is 5.92 Å². The molecule has 1 aromatic heterocycles. The van der Waals surface area contributed by atoms with Crippen molar-refractivity contribution in [3.63, 3.8) is 0 Å². The summed E-state index contributed by atoms with van der Waals surface area (Å²) in [5.74, 6) is 1.59. The Morgan fingerprint density at radius 1 is 1.33 bits per heavy atom. The fourth-order valence-electron chi connectivity index (χ4n) is 1.44. The molecule has 3 nitrogen and oxygen atoms in total. The molecular weight excluding hydrogens is 290 g/mol. The summed E-state index contributed by atoms with van der Waals surface area (Å²) in [5, 5.41) is 6.90. The van der Waals surface area contributed by atoms with Gasteiger partial charge in [0, 0.05) is 34.9 Å². The van der Waals surface area contributed by atoms with E-state index in [2.05, 4.69) is 72.2 Å². The summed E-state index contributed by atoms with van der Waals surface area (Å²) < 4.78 is 1.02. The van der Waals surface area contributed by atoms with Crippen molar-refractivity contribution >= 4 is 21.7 Å². The molecule has 102 valence electrons. The lowest BCUT2D eigenvalue weighted by atomic mass is 10.1. The quantitative estimate of drug-likeness (QED) is 0.868. The molecule has 0 aliphatic carbocycles. The lowest BCUT2D eigenvalue weighted by molar-refractivity contribution is 0.424. The Hall–Kier alpha value is -0.610. The molecule has 4 heteroatoms. The van der Waals surface area contributed by atoms with Crippen LogP contribution in [0, 0.1) is 5.92 Å². The Morgan fingerprint density at radius 2 is 2.00 bits per heavy atom. The van der Waals surface area contributed by atoms with E-state index in [1.807, 2.05) is 6.20 Å². The molecule has 0 aromatic carbocycles. The van der Waals surface area contributed by atoms with Crippen LogP contribution in [0.4, 0.5) is 5.82 Å². The lowest BCUT2D eigenvalue weighted by Crippen LogP contribution is -2.35. The molecule has 0 radical (unpaired) electrons. The highest BCUT2D eigenvalue weighted by molar-refractivity contribution is 9.10. The van der Waals surface area contributed by atoms with Crippen molar-refractivity contribution in [2.45, 2.75) is 46.7 Å². The molecule has 0 amide bonds. The van der Waals surface area contributed by atoms with E-state index < -0.39 is 0 Å². The standard InChI is InChI=1S/C14H24BrN3/c1-10(2)7-16-13-11(6-12(15)9-17-13)8-18-14(3,4)5/h6,9-10,18H,7-8H2,1-5H3,(H,16,17). The third kappa shape index (κ3) is 5.83. The number of halogens is 1. The van der Waals surface area contributed by atoms with Gasteiger partial charge in [0.2, 0.25) is 0 Å². The highest BCUT2D eigenvalue weighted by Gasteiger charge is 2.11. The minimum atomic E-state index is 0.109. The van der Waals surface area contributed by atoms with Gasteiger partial charge in [0.1, 0.15) is 5.82 Å². The Bertz CT molecular complexity index is 383. The number of anilines is 1. The maximum atomic E-state index is 4.45. The Balaban J connectivity index is 2.76. The van der Waals surface area contributed by atoms with Crippen molar-refractivity contribution in [3.8, 4) is 0 Å². The summed E-state index contributed by atoms with van der Waals surface area (Å²) in [5.41, 5.74) is 1.30. The van der Waals surface area contributed by atoms with Crippen molar-refractivity contribution in [1.29, 1.82) is 0 Å². The van der Waals surface area contributed by atoms with Gasteiger partial charge in [-0.05, 0) is 48.7 Å². The van der Waals surface area contributed by atoms with E-state index >= 15 is 0 Å². The minimum Gasteiger partial charge on any atom is -0.370 e. The third-order valence-corrected chi connectivity index (χ3v) is 2.85. The minimum absolute atomic E-state index is 0.109. The Kier molecular flexibility index (Phi) is 5.60. The molecule has 0 unspecified atom stereocenters. The average Bonchev–Trinajstić information content (AvgIpc) is 2.23. The van der Waals surface area contributed by atoms with Crippen LogP contribution in [-0.4, -0.2) is 17.1 Å².